The van der Waals surface area contributed by atoms with Crippen LogP contribution in [0.25, 0.3) is 5.69 Å². The molecule has 0 radical (unpaired) electrons. The lowest BCUT2D eigenvalue weighted by molar-refractivity contribution is 0.350. The topological polar surface area (TPSA) is 29.9 Å². The first-order valence-electron chi connectivity index (χ1n) is 7.11. The van der Waals surface area contributed by atoms with E-state index in [4.69, 9.17) is 11.6 Å². The van der Waals surface area contributed by atoms with E-state index >= 15 is 0 Å². The molecule has 3 rings (SSSR count). The highest BCUT2D eigenvalue weighted by molar-refractivity contribution is 6.33. The Morgan fingerprint density at radius 2 is 2.25 bits per heavy atom. The van der Waals surface area contributed by atoms with Gasteiger partial charge in [0.25, 0.3) is 0 Å². The standard InChI is InChI=1S/C16H20ClN3/c1-16(2)8-4-7-14(16)19-13-6-3-5-12(17)15(13)20-10-9-18-11-20/h3,5-6,9-11,14,19H,4,7-8H2,1-2H3. The summed E-state index contributed by atoms with van der Waals surface area (Å²) in [6, 6.07) is 6.49. The summed E-state index contributed by atoms with van der Waals surface area (Å²) in [7, 11) is 0. The number of nitrogens with one attached hydrogen (secondary N) is 1. The summed E-state index contributed by atoms with van der Waals surface area (Å²) in [6.07, 6.45) is 9.24. The molecule has 2 aromatic rings. The molecule has 106 valence electrons. The van der Waals surface area contributed by atoms with Crippen LogP contribution in [-0.4, -0.2) is 15.6 Å². The van der Waals surface area contributed by atoms with Gasteiger partial charge in [-0.1, -0.05) is 37.9 Å². The summed E-state index contributed by atoms with van der Waals surface area (Å²) >= 11 is 6.39. The van der Waals surface area contributed by atoms with Gasteiger partial charge in [-0.25, -0.2) is 4.98 Å². The van der Waals surface area contributed by atoms with Crippen molar-refractivity contribution in [1.82, 2.24) is 9.55 Å². The SMILES string of the molecule is CC1(C)CCCC1Nc1cccc(Cl)c1-n1ccnc1. The third-order valence-corrected chi connectivity index (χ3v) is 4.64. The quantitative estimate of drug-likeness (QED) is 0.900. The van der Waals surface area contributed by atoms with E-state index in [2.05, 4.69) is 30.2 Å². The fourth-order valence-electron chi connectivity index (χ4n) is 3.07. The summed E-state index contributed by atoms with van der Waals surface area (Å²) in [5.41, 5.74) is 2.39. The minimum Gasteiger partial charge on any atom is -0.380 e. The van der Waals surface area contributed by atoms with Gasteiger partial charge in [-0.2, -0.15) is 0 Å². The van der Waals surface area contributed by atoms with E-state index in [1.807, 2.05) is 22.9 Å². The van der Waals surface area contributed by atoms with E-state index < -0.39 is 0 Å². The minimum absolute atomic E-state index is 0.328. The molecule has 0 bridgehead atoms. The molecule has 1 aliphatic rings. The number of imidazole rings is 1. The number of hydrogen-bond acceptors (Lipinski definition) is 2. The second-order valence-corrected chi connectivity index (χ2v) is 6.59. The van der Waals surface area contributed by atoms with E-state index in [1.54, 1.807) is 12.5 Å². The summed E-state index contributed by atoms with van der Waals surface area (Å²) in [5, 5.41) is 4.44. The molecule has 0 saturated heterocycles. The van der Waals surface area contributed by atoms with Crippen molar-refractivity contribution in [1.29, 1.82) is 0 Å². The lowest BCUT2D eigenvalue weighted by Crippen LogP contribution is -2.31. The number of nitrogens with zero attached hydrogens (tertiary/aromatic N) is 2. The molecule has 1 N–H and O–H groups in total. The van der Waals surface area contributed by atoms with Crippen molar-refractivity contribution < 1.29 is 0 Å². The van der Waals surface area contributed by atoms with E-state index in [0.29, 0.717) is 11.5 Å². The Balaban J connectivity index is 1.96. The molecule has 1 heterocycles. The first kappa shape index (κ1) is 13.5. The molecular formula is C16H20ClN3. The molecule has 0 aliphatic heterocycles. The number of aromatic nitrogens is 2. The number of rotatable bonds is 3. The highest BCUT2D eigenvalue weighted by atomic mass is 35.5. The lowest BCUT2D eigenvalue weighted by atomic mass is 9.87. The van der Waals surface area contributed by atoms with E-state index in [-0.39, 0.29) is 0 Å². The van der Waals surface area contributed by atoms with Crippen LogP contribution in [-0.2, 0) is 0 Å². The Labute approximate surface area is 125 Å². The maximum absolute atomic E-state index is 6.39. The molecule has 1 saturated carbocycles. The number of para-hydroxylation sites is 1. The number of benzene rings is 1. The van der Waals surface area contributed by atoms with Gasteiger partial charge in [-0.15, -0.1) is 0 Å². The highest BCUT2D eigenvalue weighted by Crippen LogP contribution is 2.40. The van der Waals surface area contributed by atoms with Gasteiger partial charge >= 0.3 is 0 Å². The summed E-state index contributed by atoms with van der Waals surface area (Å²) in [4.78, 5) is 4.12. The van der Waals surface area contributed by atoms with Crippen LogP contribution in [0, 0.1) is 5.41 Å². The van der Waals surface area contributed by atoms with Crippen LogP contribution in [0.2, 0.25) is 5.02 Å². The highest BCUT2D eigenvalue weighted by Gasteiger charge is 2.34. The third-order valence-electron chi connectivity index (χ3n) is 4.34. The van der Waals surface area contributed by atoms with Gasteiger partial charge in [0, 0.05) is 18.4 Å². The monoisotopic (exact) mass is 289 g/mol. The zero-order chi connectivity index (χ0) is 14.2. The molecule has 20 heavy (non-hydrogen) atoms. The lowest BCUT2D eigenvalue weighted by Gasteiger charge is -2.29. The van der Waals surface area contributed by atoms with Crippen molar-refractivity contribution in [2.45, 2.75) is 39.2 Å². The summed E-state index contributed by atoms with van der Waals surface area (Å²) in [5.74, 6) is 0. The Morgan fingerprint density at radius 3 is 2.90 bits per heavy atom. The van der Waals surface area contributed by atoms with E-state index in [0.717, 1.165) is 16.4 Å². The minimum atomic E-state index is 0.328. The van der Waals surface area contributed by atoms with Crippen molar-refractivity contribution in [3.05, 3.63) is 41.9 Å². The normalized spacial score (nSPS) is 21.1. The largest absolute Gasteiger partial charge is 0.380 e. The molecule has 4 heteroatoms. The Kier molecular flexibility index (Phi) is 3.47. The first-order chi connectivity index (χ1) is 9.58. The number of anilines is 1. The van der Waals surface area contributed by atoms with Gasteiger partial charge < -0.3 is 9.88 Å². The zero-order valence-corrected chi connectivity index (χ0v) is 12.7. The van der Waals surface area contributed by atoms with Crippen molar-refractivity contribution in [3.8, 4) is 5.69 Å². The Bertz CT molecular complexity index is 590. The van der Waals surface area contributed by atoms with Crippen molar-refractivity contribution in [2.75, 3.05) is 5.32 Å². The molecule has 1 aliphatic carbocycles. The van der Waals surface area contributed by atoms with Crippen molar-refractivity contribution in [2.24, 2.45) is 5.41 Å². The number of halogens is 1. The maximum atomic E-state index is 6.39. The average Bonchev–Trinajstić information content (AvgIpc) is 3.00. The first-order valence-corrected chi connectivity index (χ1v) is 7.49. The predicted octanol–water partition coefficient (Wildman–Crippen LogP) is 4.52. The fourth-order valence-corrected chi connectivity index (χ4v) is 3.34. The van der Waals surface area contributed by atoms with Gasteiger partial charge in [0.2, 0.25) is 0 Å². The molecule has 0 spiro atoms. The maximum Gasteiger partial charge on any atom is 0.0992 e. The van der Waals surface area contributed by atoms with Crippen LogP contribution >= 0.6 is 11.6 Å². The second kappa shape index (κ2) is 5.13. The van der Waals surface area contributed by atoms with Crippen LogP contribution < -0.4 is 5.32 Å². The molecule has 1 aromatic carbocycles. The average molecular weight is 290 g/mol. The molecule has 1 unspecified atom stereocenters. The molecule has 1 atom stereocenters. The van der Waals surface area contributed by atoms with Crippen LogP contribution in [0.3, 0.4) is 0 Å². The predicted molar refractivity (Wildman–Crippen MR) is 83.6 cm³/mol. The second-order valence-electron chi connectivity index (χ2n) is 6.18. The van der Waals surface area contributed by atoms with Gasteiger partial charge in [0.1, 0.15) is 0 Å². The molecule has 1 fully saturated rings. The van der Waals surface area contributed by atoms with Crippen molar-refractivity contribution >= 4 is 17.3 Å². The Hall–Kier alpha value is -1.48. The zero-order valence-electron chi connectivity index (χ0n) is 11.9. The smallest absolute Gasteiger partial charge is 0.0992 e. The fraction of sp³-hybridized carbons (Fsp3) is 0.438. The molecule has 1 aromatic heterocycles. The van der Waals surface area contributed by atoms with Crippen LogP contribution in [0.5, 0.6) is 0 Å². The van der Waals surface area contributed by atoms with Gasteiger partial charge in [-0.3, -0.25) is 0 Å². The third kappa shape index (κ3) is 2.42. The van der Waals surface area contributed by atoms with Crippen LogP contribution in [0.15, 0.2) is 36.9 Å². The van der Waals surface area contributed by atoms with Crippen LogP contribution in [0.4, 0.5) is 5.69 Å². The van der Waals surface area contributed by atoms with Gasteiger partial charge in [0.15, 0.2) is 0 Å². The summed E-state index contributed by atoms with van der Waals surface area (Å²) in [6.45, 7) is 4.66. The molecule has 0 amide bonds. The molecule has 3 nitrogen and oxygen atoms in total. The van der Waals surface area contributed by atoms with E-state index in [1.165, 1.54) is 19.3 Å². The van der Waals surface area contributed by atoms with Crippen LogP contribution in [0.1, 0.15) is 33.1 Å². The van der Waals surface area contributed by atoms with Crippen molar-refractivity contribution in [3.63, 3.8) is 0 Å². The summed E-state index contributed by atoms with van der Waals surface area (Å²) < 4.78 is 1.96. The van der Waals surface area contributed by atoms with Gasteiger partial charge in [-0.05, 0) is 30.4 Å². The molecular weight excluding hydrogens is 270 g/mol. The van der Waals surface area contributed by atoms with E-state index in [9.17, 15) is 0 Å². The number of hydrogen-bond donors (Lipinski definition) is 1. The van der Waals surface area contributed by atoms with Gasteiger partial charge in [0.05, 0.1) is 22.7 Å². The Morgan fingerprint density at radius 1 is 1.40 bits per heavy atom.